The van der Waals surface area contributed by atoms with Crippen molar-refractivity contribution < 1.29 is 17.7 Å². The largest absolute Gasteiger partial charge is 0.506 e. The number of benzene rings is 1. The van der Waals surface area contributed by atoms with Crippen LogP contribution in [0, 0.1) is 6.92 Å². The number of aryl methyl sites for hydroxylation is 1. The summed E-state index contributed by atoms with van der Waals surface area (Å²) in [4.78, 5) is -0.178. The first-order valence-electron chi connectivity index (χ1n) is 6.54. The Bertz CT molecular complexity index is 602. The maximum Gasteiger partial charge on any atom is 0.301 e. The Balaban J connectivity index is 3.50. The lowest BCUT2D eigenvalue weighted by Crippen LogP contribution is -2.24. The highest BCUT2D eigenvalue weighted by Gasteiger charge is 2.31. The van der Waals surface area contributed by atoms with Gasteiger partial charge < -0.3 is 5.11 Å². The Hall–Kier alpha value is -1.07. The number of aromatic hydroxyl groups is 1. The van der Waals surface area contributed by atoms with E-state index in [1.165, 1.54) is 6.07 Å². The van der Waals surface area contributed by atoms with Crippen molar-refractivity contribution in [2.75, 3.05) is 0 Å². The molecular formula is C15H24O4S. The van der Waals surface area contributed by atoms with E-state index in [1.807, 2.05) is 27.7 Å². The second-order valence-electron chi connectivity index (χ2n) is 7.00. The van der Waals surface area contributed by atoms with Gasteiger partial charge in [0.05, 0.1) is 5.60 Å². The molecule has 0 spiro atoms. The lowest BCUT2D eigenvalue weighted by Gasteiger charge is -2.25. The van der Waals surface area contributed by atoms with Crippen LogP contribution in [0.25, 0.3) is 0 Å². The highest BCUT2D eigenvalue weighted by molar-refractivity contribution is 7.87. The minimum atomic E-state index is -4.00. The van der Waals surface area contributed by atoms with Gasteiger partial charge in [-0.1, -0.05) is 26.8 Å². The fraction of sp³-hybridized carbons (Fsp3) is 0.600. The first-order valence-corrected chi connectivity index (χ1v) is 7.95. The molecule has 0 bridgehead atoms. The van der Waals surface area contributed by atoms with E-state index in [9.17, 15) is 13.5 Å². The maximum atomic E-state index is 12.3. The average molecular weight is 300 g/mol. The predicted molar refractivity (Wildman–Crippen MR) is 79.6 cm³/mol. The molecule has 0 heterocycles. The van der Waals surface area contributed by atoms with E-state index in [4.69, 9.17) is 4.18 Å². The van der Waals surface area contributed by atoms with Gasteiger partial charge in [0.1, 0.15) is 10.6 Å². The van der Waals surface area contributed by atoms with Gasteiger partial charge in [-0.3, -0.25) is 4.18 Å². The van der Waals surface area contributed by atoms with Crippen molar-refractivity contribution in [3.8, 4) is 5.75 Å². The van der Waals surface area contributed by atoms with Crippen LogP contribution in [-0.4, -0.2) is 19.1 Å². The molecule has 1 N–H and O–H groups in total. The van der Waals surface area contributed by atoms with E-state index in [2.05, 4.69) is 0 Å². The van der Waals surface area contributed by atoms with Gasteiger partial charge in [-0.25, -0.2) is 0 Å². The van der Waals surface area contributed by atoms with E-state index >= 15 is 0 Å². The summed E-state index contributed by atoms with van der Waals surface area (Å²) in [6.45, 7) is 12.6. The smallest absolute Gasteiger partial charge is 0.301 e. The van der Waals surface area contributed by atoms with Gasteiger partial charge in [0.2, 0.25) is 0 Å². The standard InChI is InChI=1S/C15H24O4S/c1-10-8-9-11(13(16)12(10)14(2,3)4)20(17,18)19-15(5,6)7/h8-9,16H,1-7H3. The molecule has 0 aliphatic rings. The van der Waals surface area contributed by atoms with Gasteiger partial charge in [-0.2, -0.15) is 8.42 Å². The van der Waals surface area contributed by atoms with Crippen LogP contribution < -0.4 is 0 Å². The van der Waals surface area contributed by atoms with Crippen molar-refractivity contribution in [2.45, 2.75) is 64.4 Å². The number of phenolic OH excluding ortho intramolecular Hbond substituents is 1. The lowest BCUT2D eigenvalue weighted by atomic mass is 9.83. The zero-order chi connectivity index (χ0) is 15.9. The third-order valence-electron chi connectivity index (χ3n) is 2.73. The molecule has 0 aliphatic heterocycles. The number of hydrogen-bond donors (Lipinski definition) is 1. The molecular weight excluding hydrogens is 276 g/mol. The Kier molecular flexibility index (Phi) is 4.28. The molecule has 114 valence electrons. The van der Waals surface area contributed by atoms with Gasteiger partial charge in [0, 0.05) is 5.56 Å². The third kappa shape index (κ3) is 3.73. The molecule has 0 unspecified atom stereocenters. The zero-order valence-electron chi connectivity index (χ0n) is 13.2. The molecule has 0 aromatic heterocycles. The molecule has 20 heavy (non-hydrogen) atoms. The van der Waals surface area contributed by atoms with Gasteiger partial charge in [-0.15, -0.1) is 0 Å². The Morgan fingerprint density at radius 3 is 1.95 bits per heavy atom. The van der Waals surface area contributed by atoms with Crippen LogP contribution in [0.5, 0.6) is 5.75 Å². The summed E-state index contributed by atoms with van der Waals surface area (Å²) in [6.07, 6.45) is 0. The summed E-state index contributed by atoms with van der Waals surface area (Å²) >= 11 is 0. The topological polar surface area (TPSA) is 63.6 Å². The molecule has 0 saturated heterocycles. The van der Waals surface area contributed by atoms with Crippen molar-refractivity contribution in [3.05, 3.63) is 23.3 Å². The Labute approximate surface area is 121 Å². The second kappa shape index (κ2) is 5.04. The normalized spacial score (nSPS) is 13.6. The molecule has 1 aromatic carbocycles. The van der Waals surface area contributed by atoms with Crippen molar-refractivity contribution in [3.63, 3.8) is 0 Å². The summed E-state index contributed by atoms with van der Waals surface area (Å²) in [7, 11) is -4.00. The molecule has 0 atom stereocenters. The fourth-order valence-electron chi connectivity index (χ4n) is 2.20. The van der Waals surface area contributed by atoms with E-state index in [1.54, 1.807) is 26.8 Å². The number of phenols is 1. The molecule has 1 rings (SSSR count). The molecule has 5 heteroatoms. The van der Waals surface area contributed by atoms with Crippen molar-refractivity contribution in [2.24, 2.45) is 0 Å². The number of rotatable bonds is 2. The lowest BCUT2D eigenvalue weighted by molar-refractivity contribution is 0.139. The highest BCUT2D eigenvalue weighted by Crippen LogP contribution is 2.39. The first kappa shape index (κ1) is 17.0. The van der Waals surface area contributed by atoms with E-state index in [-0.39, 0.29) is 16.1 Å². The zero-order valence-corrected chi connectivity index (χ0v) is 14.1. The first-order chi connectivity index (χ1) is 8.76. The van der Waals surface area contributed by atoms with Crippen LogP contribution in [0.4, 0.5) is 0 Å². The van der Waals surface area contributed by atoms with Crippen LogP contribution in [0.3, 0.4) is 0 Å². The van der Waals surface area contributed by atoms with Crippen LogP contribution in [-0.2, 0) is 19.7 Å². The maximum absolute atomic E-state index is 12.3. The van der Waals surface area contributed by atoms with Crippen LogP contribution in [0.15, 0.2) is 17.0 Å². The summed E-state index contributed by atoms with van der Waals surface area (Å²) in [5.74, 6) is -0.221. The monoisotopic (exact) mass is 300 g/mol. The van der Waals surface area contributed by atoms with Crippen LogP contribution in [0.2, 0.25) is 0 Å². The summed E-state index contributed by atoms with van der Waals surface area (Å²) < 4.78 is 29.7. The summed E-state index contributed by atoms with van der Waals surface area (Å²) in [5, 5.41) is 10.4. The van der Waals surface area contributed by atoms with E-state index < -0.39 is 15.7 Å². The average Bonchev–Trinajstić information content (AvgIpc) is 2.09. The van der Waals surface area contributed by atoms with Gasteiger partial charge in [-0.05, 0) is 44.7 Å². The quantitative estimate of drug-likeness (QED) is 0.849. The number of hydrogen-bond acceptors (Lipinski definition) is 4. The fourth-order valence-corrected chi connectivity index (χ4v) is 3.52. The molecule has 0 saturated carbocycles. The molecule has 0 radical (unpaired) electrons. The second-order valence-corrected chi connectivity index (χ2v) is 8.52. The van der Waals surface area contributed by atoms with Crippen LogP contribution >= 0.6 is 0 Å². The SMILES string of the molecule is Cc1ccc(S(=O)(=O)OC(C)(C)C)c(O)c1C(C)(C)C. The summed E-state index contributed by atoms with van der Waals surface area (Å²) in [5.41, 5.74) is 0.264. The van der Waals surface area contributed by atoms with Crippen molar-refractivity contribution in [1.29, 1.82) is 0 Å². The summed E-state index contributed by atoms with van der Waals surface area (Å²) in [6, 6.07) is 3.08. The van der Waals surface area contributed by atoms with E-state index in [0.29, 0.717) is 5.56 Å². The molecule has 1 aromatic rings. The van der Waals surface area contributed by atoms with Gasteiger partial charge in [0.25, 0.3) is 0 Å². The van der Waals surface area contributed by atoms with Crippen molar-refractivity contribution in [1.82, 2.24) is 0 Å². The minimum absolute atomic E-state index is 0.178. The highest BCUT2D eigenvalue weighted by atomic mass is 32.2. The van der Waals surface area contributed by atoms with Crippen LogP contribution in [0.1, 0.15) is 52.7 Å². The Morgan fingerprint density at radius 2 is 1.55 bits per heavy atom. The van der Waals surface area contributed by atoms with Gasteiger partial charge >= 0.3 is 10.1 Å². The predicted octanol–water partition coefficient (Wildman–Crippen LogP) is 3.50. The van der Waals surface area contributed by atoms with Crippen molar-refractivity contribution >= 4 is 10.1 Å². The molecule has 0 amide bonds. The molecule has 0 aliphatic carbocycles. The van der Waals surface area contributed by atoms with Gasteiger partial charge in [0.15, 0.2) is 0 Å². The van der Waals surface area contributed by atoms with E-state index in [0.717, 1.165) is 5.56 Å². The minimum Gasteiger partial charge on any atom is -0.506 e. The molecule has 0 fully saturated rings. The molecule has 4 nitrogen and oxygen atoms in total. The Morgan fingerprint density at radius 1 is 1.05 bits per heavy atom. The third-order valence-corrected chi connectivity index (χ3v) is 4.32.